The first-order valence-electron chi connectivity index (χ1n) is 1.57. The summed E-state index contributed by atoms with van der Waals surface area (Å²) in [6, 6.07) is 0. The highest BCUT2D eigenvalue weighted by atomic mass is 16.6. The molecule has 0 heterocycles. The zero-order valence-corrected chi connectivity index (χ0v) is 3.23. The van der Waals surface area contributed by atoms with Gasteiger partial charge in [-0.2, -0.15) is 0 Å². The maximum absolute atomic E-state index is 9.31. The van der Waals surface area contributed by atoms with Crippen molar-refractivity contribution < 1.29 is 9.84 Å². The van der Waals surface area contributed by atoms with Gasteiger partial charge >= 0.3 is 0 Å². The van der Waals surface area contributed by atoms with E-state index < -0.39 is 6.79 Å². The summed E-state index contributed by atoms with van der Waals surface area (Å²) in [5.41, 5.74) is 0. The van der Waals surface area contributed by atoms with Crippen molar-refractivity contribution in [1.29, 1.82) is 0 Å². The van der Waals surface area contributed by atoms with E-state index in [1.807, 2.05) is 0 Å². The van der Waals surface area contributed by atoms with Crippen molar-refractivity contribution >= 4 is 0 Å². The Morgan fingerprint density at radius 2 is 2.40 bits per heavy atom. The molecule has 0 fully saturated rings. The van der Waals surface area contributed by atoms with Crippen LogP contribution < -0.4 is 0 Å². The van der Waals surface area contributed by atoms with Crippen LogP contribution in [0.5, 0.6) is 0 Å². The largest absolute Gasteiger partial charge is 0.353 e. The molecule has 0 bridgehead atoms. The maximum atomic E-state index is 9.31. The van der Waals surface area contributed by atoms with E-state index in [1.165, 1.54) is 0 Å². The Kier molecular flexibility index (Phi) is 3.86. The fraction of sp³-hybridized carbons (Fsp3) is 1.00. The second kappa shape index (κ2) is 3.92. The highest BCUT2D eigenvalue weighted by Crippen LogP contribution is 1.62. The van der Waals surface area contributed by atoms with E-state index in [0.29, 0.717) is 6.61 Å². The highest BCUT2D eigenvalue weighted by molar-refractivity contribution is 3.98. The zero-order chi connectivity index (χ0) is 4.12. The molecule has 0 saturated heterocycles. The molecule has 0 saturated carbocycles. The lowest BCUT2D eigenvalue weighted by atomic mass is 10.9. The predicted octanol–water partition coefficient (Wildman–Crippen LogP) is 0.411. The Bertz CT molecular complexity index is 12.4. The summed E-state index contributed by atoms with van der Waals surface area (Å²) in [6.07, 6.45) is 0. The molecule has 0 unspecified atom stereocenters. The Morgan fingerprint density at radius 1 is 1.80 bits per heavy atom. The van der Waals surface area contributed by atoms with Gasteiger partial charge in [-0.25, -0.2) is 5.11 Å². The van der Waals surface area contributed by atoms with Gasteiger partial charge in [-0.1, -0.05) is 0 Å². The molecule has 2 nitrogen and oxygen atoms in total. The van der Waals surface area contributed by atoms with Crippen LogP contribution in [0.1, 0.15) is 6.92 Å². The molecule has 0 rings (SSSR count). The Hall–Kier alpha value is -0.0800. The number of hydrogen-bond acceptors (Lipinski definition) is 1. The van der Waals surface area contributed by atoms with Crippen molar-refractivity contribution in [3.8, 4) is 0 Å². The molecule has 0 N–H and O–H groups in total. The summed E-state index contributed by atoms with van der Waals surface area (Å²) in [5.74, 6) is 0. The first-order chi connectivity index (χ1) is 2.41. The number of rotatable bonds is 2. The van der Waals surface area contributed by atoms with Gasteiger partial charge in [0.05, 0.1) is 0 Å². The summed E-state index contributed by atoms with van der Waals surface area (Å²) in [4.78, 5) is 0. The van der Waals surface area contributed by atoms with E-state index in [-0.39, 0.29) is 0 Å². The summed E-state index contributed by atoms with van der Waals surface area (Å²) >= 11 is 0. The van der Waals surface area contributed by atoms with Crippen molar-refractivity contribution in [3.63, 3.8) is 0 Å². The van der Waals surface area contributed by atoms with Crippen molar-refractivity contribution in [2.45, 2.75) is 6.92 Å². The van der Waals surface area contributed by atoms with E-state index in [4.69, 9.17) is 0 Å². The minimum absolute atomic E-state index is 0.406. The topological polar surface area (TPSA) is 29.1 Å². The van der Waals surface area contributed by atoms with Gasteiger partial charge in [0.1, 0.15) is 0 Å². The molecule has 31 valence electrons. The first kappa shape index (κ1) is 4.92. The minimum Gasteiger partial charge on any atom is -0.353 e. The van der Waals surface area contributed by atoms with Gasteiger partial charge in [0.15, 0.2) is 6.79 Å². The Labute approximate surface area is 31.4 Å². The highest BCUT2D eigenvalue weighted by Gasteiger charge is 1.67. The van der Waals surface area contributed by atoms with Gasteiger partial charge in [-0.15, -0.1) is 0 Å². The molecule has 1 radical (unpaired) electrons. The normalized spacial score (nSPS) is 8.40. The predicted molar refractivity (Wildman–Crippen MR) is 17.2 cm³/mol. The molecule has 0 aliphatic heterocycles. The number of hydrogen-bond donors (Lipinski definition) is 0. The quantitative estimate of drug-likeness (QED) is 0.437. The first-order valence-corrected chi connectivity index (χ1v) is 1.57. The minimum atomic E-state index is -0.406. The summed E-state index contributed by atoms with van der Waals surface area (Å²) < 4.78 is 4.28. The zero-order valence-electron chi connectivity index (χ0n) is 3.23. The van der Waals surface area contributed by atoms with Gasteiger partial charge in [-0.05, 0) is 6.92 Å². The van der Waals surface area contributed by atoms with Crippen molar-refractivity contribution in [2.75, 3.05) is 13.4 Å². The third-order valence-corrected chi connectivity index (χ3v) is 0.287. The molecule has 0 aromatic heterocycles. The van der Waals surface area contributed by atoms with Crippen LogP contribution in [-0.2, 0) is 9.84 Å². The van der Waals surface area contributed by atoms with E-state index >= 15 is 0 Å². The van der Waals surface area contributed by atoms with Crippen LogP contribution in [0.15, 0.2) is 0 Å². The van der Waals surface area contributed by atoms with Crippen LogP contribution in [0, 0.1) is 0 Å². The van der Waals surface area contributed by atoms with Gasteiger partial charge in [0.25, 0.3) is 0 Å². The molecule has 0 aromatic rings. The molecular weight excluding hydrogens is 68.0 g/mol. The molecule has 0 atom stereocenters. The summed E-state index contributed by atoms with van der Waals surface area (Å²) in [7, 11) is 0. The fourth-order valence-corrected chi connectivity index (χ4v) is 0.0833. The monoisotopic (exact) mass is 75.0 g/mol. The van der Waals surface area contributed by atoms with E-state index in [0.717, 1.165) is 0 Å². The second-order valence-electron chi connectivity index (χ2n) is 0.611. The summed E-state index contributed by atoms with van der Waals surface area (Å²) in [5, 5.41) is 9.31. The van der Waals surface area contributed by atoms with Crippen LogP contribution in [-0.4, -0.2) is 13.4 Å². The lowest BCUT2D eigenvalue weighted by Crippen LogP contribution is -1.86. The molecule has 0 aromatic carbocycles. The molecular formula is C3H7O2. The van der Waals surface area contributed by atoms with E-state index in [9.17, 15) is 5.11 Å². The van der Waals surface area contributed by atoms with Crippen molar-refractivity contribution in [3.05, 3.63) is 0 Å². The van der Waals surface area contributed by atoms with Crippen molar-refractivity contribution in [1.82, 2.24) is 0 Å². The summed E-state index contributed by atoms with van der Waals surface area (Å²) in [6.45, 7) is 1.91. The van der Waals surface area contributed by atoms with Crippen LogP contribution in [0.4, 0.5) is 0 Å². The third kappa shape index (κ3) is 3.92. The van der Waals surface area contributed by atoms with Crippen LogP contribution >= 0.6 is 0 Å². The van der Waals surface area contributed by atoms with E-state index in [2.05, 4.69) is 4.74 Å². The Morgan fingerprint density at radius 3 is 2.40 bits per heavy atom. The molecule has 0 aliphatic carbocycles. The average Bonchev–Trinajstić information content (AvgIpc) is 1.41. The lowest BCUT2D eigenvalue weighted by Gasteiger charge is -1.83. The van der Waals surface area contributed by atoms with Gasteiger partial charge < -0.3 is 4.74 Å². The molecule has 2 heteroatoms. The Balaban J connectivity index is 2.19. The van der Waals surface area contributed by atoms with Gasteiger partial charge in [-0.3, -0.25) is 0 Å². The smallest absolute Gasteiger partial charge is 0.180 e. The molecule has 0 spiro atoms. The van der Waals surface area contributed by atoms with Gasteiger partial charge in [0, 0.05) is 6.61 Å². The lowest BCUT2D eigenvalue weighted by molar-refractivity contribution is -0.0383. The van der Waals surface area contributed by atoms with Crippen LogP contribution in [0.25, 0.3) is 0 Å². The average molecular weight is 75.1 g/mol. The standard InChI is InChI=1S/C3H7O2/c1-2-5-3-4/h2-3H2,1H3. The van der Waals surface area contributed by atoms with Gasteiger partial charge in [0.2, 0.25) is 0 Å². The van der Waals surface area contributed by atoms with Crippen LogP contribution in [0.2, 0.25) is 0 Å². The maximum Gasteiger partial charge on any atom is 0.180 e. The van der Waals surface area contributed by atoms with Crippen molar-refractivity contribution in [2.24, 2.45) is 0 Å². The number of ether oxygens (including phenoxy) is 1. The van der Waals surface area contributed by atoms with E-state index in [1.54, 1.807) is 6.92 Å². The molecule has 5 heavy (non-hydrogen) atoms. The fourth-order valence-electron chi connectivity index (χ4n) is 0.0833. The molecule has 0 amide bonds. The third-order valence-electron chi connectivity index (χ3n) is 0.287. The van der Waals surface area contributed by atoms with Crippen LogP contribution in [0.3, 0.4) is 0 Å². The SMILES string of the molecule is CCOC[O]. The second-order valence-corrected chi connectivity index (χ2v) is 0.611. The molecule has 0 aliphatic rings.